The lowest BCUT2D eigenvalue weighted by Crippen LogP contribution is -2.35. The van der Waals surface area contributed by atoms with Gasteiger partial charge in [-0.15, -0.1) is 0 Å². The second kappa shape index (κ2) is 3.81. The quantitative estimate of drug-likeness (QED) is 0.681. The van der Waals surface area contributed by atoms with Gasteiger partial charge < -0.3 is 5.73 Å². The highest BCUT2D eigenvalue weighted by molar-refractivity contribution is 5.18. The van der Waals surface area contributed by atoms with Crippen molar-refractivity contribution in [1.29, 1.82) is 0 Å². The molecule has 2 rings (SSSR count). The summed E-state index contributed by atoms with van der Waals surface area (Å²) < 4.78 is 0. The minimum absolute atomic E-state index is 0.723. The molecule has 1 aromatic rings. The molecule has 1 aliphatic heterocycles. The molecule has 0 amide bonds. The maximum Gasteiger partial charge on any atom is 0.115 e. The van der Waals surface area contributed by atoms with Crippen LogP contribution in [0.3, 0.4) is 0 Å². The van der Waals surface area contributed by atoms with Gasteiger partial charge in [-0.3, -0.25) is 4.90 Å². The van der Waals surface area contributed by atoms with Gasteiger partial charge in [0.1, 0.15) is 6.33 Å². The summed E-state index contributed by atoms with van der Waals surface area (Å²) in [7, 11) is 0. The van der Waals surface area contributed by atoms with Gasteiger partial charge in [0, 0.05) is 32.4 Å². The molecule has 2 heterocycles. The van der Waals surface area contributed by atoms with Crippen LogP contribution in [0.4, 0.5) is 0 Å². The lowest BCUT2D eigenvalue weighted by molar-refractivity contribution is 0.257. The molecule has 0 bridgehead atoms. The van der Waals surface area contributed by atoms with Crippen molar-refractivity contribution in [2.75, 3.05) is 19.6 Å². The summed E-state index contributed by atoms with van der Waals surface area (Å²) in [4.78, 5) is 10.6. The van der Waals surface area contributed by atoms with Crippen molar-refractivity contribution in [3.05, 3.63) is 23.8 Å². The van der Waals surface area contributed by atoms with E-state index in [4.69, 9.17) is 5.73 Å². The molecule has 0 aliphatic carbocycles. The first-order valence-electron chi connectivity index (χ1n) is 4.60. The second-order valence-corrected chi connectivity index (χ2v) is 3.31. The molecule has 13 heavy (non-hydrogen) atoms. The van der Waals surface area contributed by atoms with Crippen LogP contribution in [0.15, 0.2) is 12.5 Å². The first-order chi connectivity index (χ1) is 6.40. The fraction of sp³-hybridized carbons (Fsp3) is 0.556. The normalized spacial score (nSPS) is 17.0. The zero-order chi connectivity index (χ0) is 9.10. The van der Waals surface area contributed by atoms with Gasteiger partial charge in [-0.2, -0.15) is 0 Å². The molecule has 0 atom stereocenters. The average molecular weight is 178 g/mol. The van der Waals surface area contributed by atoms with Gasteiger partial charge >= 0.3 is 0 Å². The van der Waals surface area contributed by atoms with E-state index < -0.39 is 0 Å². The minimum Gasteiger partial charge on any atom is -0.329 e. The maximum absolute atomic E-state index is 5.50. The van der Waals surface area contributed by atoms with Gasteiger partial charge in [-0.1, -0.05) is 0 Å². The topological polar surface area (TPSA) is 55.0 Å². The lowest BCUT2D eigenvalue weighted by atomic mass is 10.1. The Kier molecular flexibility index (Phi) is 2.52. The van der Waals surface area contributed by atoms with Crippen LogP contribution < -0.4 is 5.73 Å². The highest BCUT2D eigenvalue weighted by Crippen LogP contribution is 2.14. The van der Waals surface area contributed by atoms with E-state index in [0.29, 0.717) is 0 Å². The van der Waals surface area contributed by atoms with E-state index in [1.807, 2.05) is 6.20 Å². The van der Waals surface area contributed by atoms with Crippen LogP contribution in [0.2, 0.25) is 0 Å². The first kappa shape index (κ1) is 8.59. The smallest absolute Gasteiger partial charge is 0.115 e. The predicted octanol–water partition coefficient (Wildman–Crippen LogP) is -0.207. The van der Waals surface area contributed by atoms with E-state index in [-0.39, 0.29) is 0 Å². The van der Waals surface area contributed by atoms with Crippen molar-refractivity contribution < 1.29 is 0 Å². The predicted molar refractivity (Wildman–Crippen MR) is 50.1 cm³/mol. The van der Waals surface area contributed by atoms with Gasteiger partial charge in [0.25, 0.3) is 0 Å². The third kappa shape index (κ3) is 1.84. The van der Waals surface area contributed by atoms with Crippen molar-refractivity contribution in [1.82, 2.24) is 14.9 Å². The Morgan fingerprint density at radius 3 is 3.31 bits per heavy atom. The molecule has 4 heteroatoms. The summed E-state index contributed by atoms with van der Waals surface area (Å²) in [5.41, 5.74) is 7.95. The molecule has 2 N–H and O–H groups in total. The Hall–Kier alpha value is -1.00. The molecule has 0 aromatic carbocycles. The third-order valence-electron chi connectivity index (χ3n) is 2.40. The van der Waals surface area contributed by atoms with Crippen molar-refractivity contribution in [2.24, 2.45) is 5.73 Å². The molecule has 0 unspecified atom stereocenters. The third-order valence-corrected chi connectivity index (χ3v) is 2.40. The maximum atomic E-state index is 5.50. The Morgan fingerprint density at radius 2 is 2.46 bits per heavy atom. The molecule has 1 aromatic heterocycles. The summed E-state index contributed by atoms with van der Waals surface area (Å²) in [5.74, 6) is 0. The van der Waals surface area contributed by atoms with Crippen LogP contribution in [-0.4, -0.2) is 34.5 Å². The first-order valence-corrected chi connectivity index (χ1v) is 4.60. The average Bonchev–Trinajstić information content (AvgIpc) is 2.18. The summed E-state index contributed by atoms with van der Waals surface area (Å²) >= 11 is 0. The molecule has 0 saturated heterocycles. The summed E-state index contributed by atoms with van der Waals surface area (Å²) in [6.07, 6.45) is 4.59. The molecule has 0 saturated carbocycles. The fourth-order valence-electron chi connectivity index (χ4n) is 1.68. The second-order valence-electron chi connectivity index (χ2n) is 3.31. The number of rotatable bonds is 2. The van der Waals surface area contributed by atoms with Gasteiger partial charge in [0.05, 0.1) is 5.69 Å². The molecule has 1 aliphatic rings. The van der Waals surface area contributed by atoms with Crippen LogP contribution in [0, 0.1) is 0 Å². The Bertz CT molecular complexity index is 287. The largest absolute Gasteiger partial charge is 0.329 e. The summed E-state index contributed by atoms with van der Waals surface area (Å²) in [6.45, 7) is 3.69. The molecule has 70 valence electrons. The van der Waals surface area contributed by atoms with Crippen molar-refractivity contribution in [3.63, 3.8) is 0 Å². The van der Waals surface area contributed by atoms with Crippen LogP contribution >= 0.6 is 0 Å². The number of nitrogens with two attached hydrogens (primary N) is 1. The number of hydrogen-bond acceptors (Lipinski definition) is 4. The van der Waals surface area contributed by atoms with E-state index in [1.165, 1.54) is 5.56 Å². The zero-order valence-corrected chi connectivity index (χ0v) is 7.61. The van der Waals surface area contributed by atoms with E-state index in [0.717, 1.165) is 38.3 Å². The van der Waals surface area contributed by atoms with Crippen molar-refractivity contribution in [2.45, 2.75) is 13.0 Å². The fourth-order valence-corrected chi connectivity index (χ4v) is 1.68. The highest BCUT2D eigenvalue weighted by atomic mass is 15.1. The highest BCUT2D eigenvalue weighted by Gasteiger charge is 2.15. The van der Waals surface area contributed by atoms with Crippen LogP contribution in [0.5, 0.6) is 0 Å². The number of nitrogens with zero attached hydrogens (tertiary/aromatic N) is 3. The Morgan fingerprint density at radius 1 is 1.54 bits per heavy atom. The van der Waals surface area contributed by atoms with Gasteiger partial charge in [-0.25, -0.2) is 9.97 Å². The van der Waals surface area contributed by atoms with Gasteiger partial charge in [0.15, 0.2) is 0 Å². The molecule has 0 radical (unpaired) electrons. The number of hydrogen-bond donors (Lipinski definition) is 1. The molecule has 4 nitrogen and oxygen atoms in total. The van der Waals surface area contributed by atoms with Crippen molar-refractivity contribution in [3.8, 4) is 0 Å². The monoisotopic (exact) mass is 178 g/mol. The Labute approximate surface area is 77.8 Å². The molecular formula is C9H14N4. The van der Waals surface area contributed by atoms with Gasteiger partial charge in [0.2, 0.25) is 0 Å². The van der Waals surface area contributed by atoms with Crippen LogP contribution in [-0.2, 0) is 13.0 Å². The molecule has 0 fully saturated rings. The van der Waals surface area contributed by atoms with Crippen LogP contribution in [0.25, 0.3) is 0 Å². The van der Waals surface area contributed by atoms with Gasteiger partial charge in [-0.05, 0) is 12.0 Å². The number of aromatic nitrogens is 2. The number of fused-ring (bicyclic) bond motifs is 1. The van der Waals surface area contributed by atoms with Crippen LogP contribution in [0.1, 0.15) is 11.3 Å². The van der Waals surface area contributed by atoms with E-state index >= 15 is 0 Å². The van der Waals surface area contributed by atoms with E-state index in [2.05, 4.69) is 14.9 Å². The zero-order valence-electron chi connectivity index (χ0n) is 7.61. The summed E-state index contributed by atoms with van der Waals surface area (Å²) in [5, 5.41) is 0. The lowest BCUT2D eigenvalue weighted by Gasteiger charge is -2.26. The summed E-state index contributed by atoms with van der Waals surface area (Å²) in [6, 6.07) is 0. The van der Waals surface area contributed by atoms with E-state index in [9.17, 15) is 0 Å². The Balaban J connectivity index is 2.11. The molecular weight excluding hydrogens is 164 g/mol. The van der Waals surface area contributed by atoms with E-state index in [1.54, 1.807) is 6.33 Å². The van der Waals surface area contributed by atoms with Crippen molar-refractivity contribution >= 4 is 0 Å². The SMILES string of the molecule is NCCN1CCc2cncnc2C1. The minimum atomic E-state index is 0.723. The standard InChI is InChI=1S/C9H14N4/c10-2-4-13-3-1-8-5-11-7-12-9(8)6-13/h5,7H,1-4,6,10H2. The molecule has 0 spiro atoms.